The number of carbonyl (C=O) groups is 1. The molecule has 4 rings (SSSR count). The topological polar surface area (TPSA) is 38.1 Å². The van der Waals surface area contributed by atoms with Gasteiger partial charge in [0.2, 0.25) is 0 Å². The zero-order valence-electron chi connectivity index (χ0n) is 15.2. The number of rotatable bonds is 4. The van der Waals surface area contributed by atoms with E-state index in [1.54, 1.807) is 0 Å². The van der Waals surface area contributed by atoms with Gasteiger partial charge < -0.3 is 9.47 Å². The molecular formula is C21H27N3O. The minimum atomic E-state index is 0.164. The average molecular weight is 337 g/mol. The van der Waals surface area contributed by atoms with Gasteiger partial charge in [0.15, 0.2) is 0 Å². The molecular weight excluding hydrogens is 310 g/mol. The first-order valence-electron chi connectivity index (χ1n) is 9.49. The standard InChI is InChI=1S/C21H27N3O/c1-15-10-16(2)12-19(11-15)21(25)24-8-3-4-18(14-24)20-22-7-9-23(20)13-17-5-6-17/h7,9-12,17-18H,3-6,8,13-14H2,1-2H3. The van der Waals surface area contributed by atoms with Gasteiger partial charge in [-0.05, 0) is 57.6 Å². The number of aryl methyl sites for hydroxylation is 2. The normalized spacial score (nSPS) is 20.7. The van der Waals surface area contributed by atoms with Gasteiger partial charge in [-0.15, -0.1) is 0 Å². The Labute approximate surface area is 149 Å². The molecule has 1 aliphatic carbocycles. The number of imidazole rings is 1. The Hall–Kier alpha value is -2.10. The number of hydrogen-bond acceptors (Lipinski definition) is 2. The molecule has 0 bridgehead atoms. The van der Waals surface area contributed by atoms with Gasteiger partial charge in [-0.1, -0.05) is 17.2 Å². The number of nitrogens with zero attached hydrogens (tertiary/aromatic N) is 3. The molecule has 25 heavy (non-hydrogen) atoms. The van der Waals surface area contributed by atoms with E-state index in [0.717, 1.165) is 55.1 Å². The van der Waals surface area contributed by atoms with Crippen molar-refractivity contribution in [1.82, 2.24) is 14.5 Å². The Morgan fingerprint density at radius 1 is 1.16 bits per heavy atom. The molecule has 2 fully saturated rings. The Bertz CT molecular complexity index is 755. The molecule has 1 aliphatic heterocycles. The lowest BCUT2D eigenvalue weighted by Crippen LogP contribution is -2.39. The van der Waals surface area contributed by atoms with Gasteiger partial charge in [-0.3, -0.25) is 4.79 Å². The largest absolute Gasteiger partial charge is 0.338 e. The molecule has 4 nitrogen and oxygen atoms in total. The minimum absolute atomic E-state index is 0.164. The van der Waals surface area contributed by atoms with Gasteiger partial charge in [0.05, 0.1) is 0 Å². The van der Waals surface area contributed by atoms with Gasteiger partial charge in [-0.2, -0.15) is 0 Å². The average Bonchev–Trinajstić information content (AvgIpc) is 3.28. The number of likely N-dealkylation sites (tertiary alicyclic amines) is 1. The Balaban J connectivity index is 1.50. The first-order chi connectivity index (χ1) is 12.1. The van der Waals surface area contributed by atoms with Crippen molar-refractivity contribution >= 4 is 5.91 Å². The molecule has 1 saturated heterocycles. The van der Waals surface area contributed by atoms with Crippen LogP contribution in [0.1, 0.15) is 58.9 Å². The number of amides is 1. The molecule has 132 valence electrons. The molecule has 1 amide bonds. The fourth-order valence-corrected chi connectivity index (χ4v) is 4.07. The predicted molar refractivity (Wildman–Crippen MR) is 98.7 cm³/mol. The van der Waals surface area contributed by atoms with Crippen LogP contribution in [0.15, 0.2) is 30.6 Å². The lowest BCUT2D eigenvalue weighted by molar-refractivity contribution is 0.0703. The lowest BCUT2D eigenvalue weighted by Gasteiger charge is -2.33. The van der Waals surface area contributed by atoms with Crippen molar-refractivity contribution in [3.05, 3.63) is 53.1 Å². The molecule has 0 radical (unpaired) electrons. The molecule has 2 heterocycles. The van der Waals surface area contributed by atoms with Crippen molar-refractivity contribution < 1.29 is 4.79 Å². The van der Waals surface area contributed by atoms with Gasteiger partial charge in [0.1, 0.15) is 5.82 Å². The van der Waals surface area contributed by atoms with Crippen molar-refractivity contribution in [1.29, 1.82) is 0 Å². The summed E-state index contributed by atoms with van der Waals surface area (Å²) in [5.41, 5.74) is 3.12. The van der Waals surface area contributed by atoms with Crippen LogP contribution >= 0.6 is 0 Å². The van der Waals surface area contributed by atoms with E-state index in [1.165, 1.54) is 18.7 Å². The third-order valence-corrected chi connectivity index (χ3v) is 5.44. The fraction of sp³-hybridized carbons (Fsp3) is 0.524. The fourth-order valence-electron chi connectivity index (χ4n) is 4.07. The first-order valence-corrected chi connectivity index (χ1v) is 9.49. The summed E-state index contributed by atoms with van der Waals surface area (Å²) in [6.07, 6.45) is 8.90. The van der Waals surface area contributed by atoms with E-state index >= 15 is 0 Å². The Kier molecular flexibility index (Phi) is 4.36. The zero-order valence-corrected chi connectivity index (χ0v) is 15.2. The molecule has 1 aromatic carbocycles. The molecule has 1 unspecified atom stereocenters. The molecule has 1 atom stereocenters. The van der Waals surface area contributed by atoms with E-state index in [2.05, 4.69) is 35.7 Å². The molecule has 0 N–H and O–H groups in total. The maximum atomic E-state index is 13.0. The summed E-state index contributed by atoms with van der Waals surface area (Å²) in [5, 5.41) is 0. The van der Waals surface area contributed by atoms with E-state index in [4.69, 9.17) is 0 Å². The van der Waals surface area contributed by atoms with Gasteiger partial charge in [-0.25, -0.2) is 4.98 Å². The Morgan fingerprint density at radius 3 is 2.64 bits per heavy atom. The summed E-state index contributed by atoms with van der Waals surface area (Å²) in [6, 6.07) is 6.13. The highest BCUT2D eigenvalue weighted by molar-refractivity contribution is 5.94. The molecule has 1 saturated carbocycles. The SMILES string of the molecule is Cc1cc(C)cc(C(=O)N2CCCC(c3nccn3CC3CC3)C2)c1. The second-order valence-electron chi connectivity index (χ2n) is 7.85. The van der Waals surface area contributed by atoms with Crippen molar-refractivity contribution in [2.45, 2.75) is 52.0 Å². The molecule has 0 spiro atoms. The second kappa shape index (κ2) is 6.66. The minimum Gasteiger partial charge on any atom is -0.338 e. The summed E-state index contributed by atoms with van der Waals surface area (Å²) in [5.74, 6) is 2.53. The summed E-state index contributed by atoms with van der Waals surface area (Å²) in [6.45, 7) is 6.84. The first kappa shape index (κ1) is 16.4. The van der Waals surface area contributed by atoms with Crippen LogP contribution in [-0.2, 0) is 6.54 Å². The van der Waals surface area contributed by atoms with E-state index in [1.807, 2.05) is 23.2 Å². The highest BCUT2D eigenvalue weighted by Crippen LogP contribution is 2.33. The summed E-state index contributed by atoms with van der Waals surface area (Å²) in [4.78, 5) is 19.7. The molecule has 2 aromatic rings. The van der Waals surface area contributed by atoms with E-state index in [9.17, 15) is 4.79 Å². The van der Waals surface area contributed by atoms with Gasteiger partial charge in [0.25, 0.3) is 5.91 Å². The van der Waals surface area contributed by atoms with Crippen molar-refractivity contribution in [3.63, 3.8) is 0 Å². The number of piperidine rings is 1. The third kappa shape index (κ3) is 3.63. The van der Waals surface area contributed by atoms with E-state index in [-0.39, 0.29) is 5.91 Å². The number of aromatic nitrogens is 2. The van der Waals surface area contributed by atoms with Crippen molar-refractivity contribution in [3.8, 4) is 0 Å². The summed E-state index contributed by atoms with van der Waals surface area (Å²) >= 11 is 0. The second-order valence-corrected chi connectivity index (χ2v) is 7.85. The van der Waals surface area contributed by atoms with Gasteiger partial charge in [0, 0.05) is 43.5 Å². The zero-order chi connectivity index (χ0) is 17.4. The van der Waals surface area contributed by atoms with Crippen LogP contribution in [0.2, 0.25) is 0 Å². The molecule has 1 aromatic heterocycles. The summed E-state index contributed by atoms with van der Waals surface area (Å²) in [7, 11) is 0. The number of benzene rings is 1. The summed E-state index contributed by atoms with van der Waals surface area (Å²) < 4.78 is 2.33. The maximum Gasteiger partial charge on any atom is 0.253 e. The molecule has 4 heteroatoms. The number of carbonyl (C=O) groups excluding carboxylic acids is 1. The smallest absolute Gasteiger partial charge is 0.253 e. The van der Waals surface area contributed by atoms with Crippen LogP contribution in [0.5, 0.6) is 0 Å². The van der Waals surface area contributed by atoms with Crippen LogP contribution in [0, 0.1) is 19.8 Å². The third-order valence-electron chi connectivity index (χ3n) is 5.44. The van der Waals surface area contributed by atoms with Crippen molar-refractivity contribution in [2.24, 2.45) is 5.92 Å². The lowest BCUT2D eigenvalue weighted by atomic mass is 9.96. The van der Waals surface area contributed by atoms with Gasteiger partial charge >= 0.3 is 0 Å². The van der Waals surface area contributed by atoms with Crippen LogP contribution in [0.3, 0.4) is 0 Å². The van der Waals surface area contributed by atoms with Crippen LogP contribution in [-0.4, -0.2) is 33.4 Å². The monoisotopic (exact) mass is 337 g/mol. The van der Waals surface area contributed by atoms with Crippen molar-refractivity contribution in [2.75, 3.05) is 13.1 Å². The highest BCUT2D eigenvalue weighted by atomic mass is 16.2. The molecule has 2 aliphatic rings. The Morgan fingerprint density at radius 2 is 1.92 bits per heavy atom. The number of hydrogen-bond donors (Lipinski definition) is 0. The van der Waals surface area contributed by atoms with Crippen LogP contribution in [0.4, 0.5) is 0 Å². The van der Waals surface area contributed by atoms with Crippen LogP contribution in [0.25, 0.3) is 0 Å². The van der Waals surface area contributed by atoms with Crippen LogP contribution < -0.4 is 0 Å². The highest BCUT2D eigenvalue weighted by Gasteiger charge is 2.29. The predicted octanol–water partition coefficient (Wildman–Crippen LogP) is 3.93. The maximum absolute atomic E-state index is 13.0. The quantitative estimate of drug-likeness (QED) is 0.848. The van der Waals surface area contributed by atoms with E-state index < -0.39 is 0 Å². The van der Waals surface area contributed by atoms with E-state index in [0.29, 0.717) is 5.92 Å².